The molecule has 0 saturated carbocycles. The van der Waals surface area contributed by atoms with Gasteiger partial charge in [0.15, 0.2) is 11.5 Å². The smallest absolute Gasteiger partial charge is 0.187 e. The number of aromatic nitrogens is 1. The lowest BCUT2D eigenvalue weighted by Crippen LogP contribution is -1.99. The largest absolute Gasteiger partial charge is 0.493 e. The molecule has 154 valence electrons. The lowest BCUT2D eigenvalue weighted by Gasteiger charge is -2.15. The molecule has 0 radical (unpaired) electrons. The maximum atomic E-state index is 9.63. The van der Waals surface area contributed by atoms with Gasteiger partial charge in [-0.3, -0.25) is 4.98 Å². The molecule has 0 bridgehead atoms. The number of nitrogens with zero attached hydrogens (tertiary/aromatic N) is 2. The highest BCUT2D eigenvalue weighted by atomic mass is 35.5. The standard InChI is InChI=1S/C24H18ClN3O2S/c1-29-20-10-9-18-22(15(13-26)14-27-23(18)24(20)30-2)28-16-8-11-21(19(25)12-16)31-17-6-4-3-5-7-17/h3-12,14H,1-2H3,(H,27,28). The Labute approximate surface area is 189 Å². The van der Waals surface area contributed by atoms with Gasteiger partial charge in [-0.25, -0.2) is 0 Å². The Morgan fingerprint density at radius 3 is 2.52 bits per heavy atom. The number of pyridine rings is 1. The first-order valence-electron chi connectivity index (χ1n) is 9.38. The molecular formula is C24H18ClN3O2S. The highest BCUT2D eigenvalue weighted by Gasteiger charge is 2.16. The minimum absolute atomic E-state index is 0.415. The zero-order valence-corrected chi connectivity index (χ0v) is 18.4. The number of hydrogen-bond acceptors (Lipinski definition) is 6. The van der Waals surface area contributed by atoms with Crippen LogP contribution in [0, 0.1) is 11.3 Å². The minimum atomic E-state index is 0.415. The summed E-state index contributed by atoms with van der Waals surface area (Å²) in [4.78, 5) is 6.47. The van der Waals surface area contributed by atoms with Crippen molar-refractivity contribution in [1.29, 1.82) is 5.26 Å². The fourth-order valence-corrected chi connectivity index (χ4v) is 4.36. The summed E-state index contributed by atoms with van der Waals surface area (Å²) in [6, 6.07) is 21.6. The summed E-state index contributed by atoms with van der Waals surface area (Å²) in [5.74, 6) is 1.09. The molecule has 31 heavy (non-hydrogen) atoms. The molecule has 0 fully saturated rings. The summed E-state index contributed by atoms with van der Waals surface area (Å²) in [5.41, 5.74) is 2.42. The van der Waals surface area contributed by atoms with E-state index < -0.39 is 0 Å². The second-order valence-corrected chi connectivity index (χ2v) is 8.06. The third kappa shape index (κ3) is 4.24. The van der Waals surface area contributed by atoms with Gasteiger partial charge in [-0.1, -0.05) is 41.6 Å². The zero-order valence-electron chi connectivity index (χ0n) is 16.8. The molecule has 5 nitrogen and oxygen atoms in total. The molecule has 0 aliphatic heterocycles. The number of nitrogens with one attached hydrogen (secondary N) is 1. The first kappa shape index (κ1) is 20.9. The molecule has 4 rings (SSSR count). The van der Waals surface area contributed by atoms with Crippen LogP contribution in [0.1, 0.15) is 5.56 Å². The van der Waals surface area contributed by atoms with E-state index in [4.69, 9.17) is 21.1 Å². The van der Waals surface area contributed by atoms with E-state index in [1.165, 1.54) is 6.20 Å². The van der Waals surface area contributed by atoms with Crippen molar-refractivity contribution in [3.05, 3.63) is 77.4 Å². The Morgan fingerprint density at radius 1 is 1.03 bits per heavy atom. The molecular weight excluding hydrogens is 430 g/mol. The summed E-state index contributed by atoms with van der Waals surface area (Å²) in [7, 11) is 3.14. The van der Waals surface area contributed by atoms with Crippen LogP contribution in [0.25, 0.3) is 10.9 Å². The highest BCUT2D eigenvalue weighted by Crippen LogP contribution is 2.40. The SMILES string of the molecule is COc1ccc2c(Nc3ccc(Sc4ccccc4)c(Cl)c3)c(C#N)cnc2c1OC. The van der Waals surface area contributed by atoms with Gasteiger partial charge in [0.25, 0.3) is 0 Å². The number of fused-ring (bicyclic) bond motifs is 1. The van der Waals surface area contributed by atoms with Gasteiger partial charge >= 0.3 is 0 Å². The molecule has 0 aliphatic rings. The van der Waals surface area contributed by atoms with Crippen molar-refractivity contribution in [1.82, 2.24) is 4.98 Å². The quantitative estimate of drug-likeness (QED) is 0.356. The van der Waals surface area contributed by atoms with Crippen LogP contribution in [0.3, 0.4) is 0 Å². The van der Waals surface area contributed by atoms with Crippen LogP contribution in [0.15, 0.2) is 76.7 Å². The molecule has 0 saturated heterocycles. The zero-order chi connectivity index (χ0) is 21.8. The van der Waals surface area contributed by atoms with Gasteiger partial charge in [-0.05, 0) is 42.5 Å². The molecule has 3 aromatic carbocycles. The van der Waals surface area contributed by atoms with Crippen molar-refractivity contribution in [3.63, 3.8) is 0 Å². The van der Waals surface area contributed by atoms with Crippen molar-refractivity contribution >= 4 is 45.6 Å². The van der Waals surface area contributed by atoms with E-state index in [0.717, 1.165) is 20.9 Å². The van der Waals surface area contributed by atoms with E-state index in [-0.39, 0.29) is 0 Å². The lowest BCUT2D eigenvalue weighted by atomic mass is 10.1. The molecule has 0 spiro atoms. The summed E-state index contributed by atoms with van der Waals surface area (Å²) >= 11 is 8.15. The predicted octanol–water partition coefficient (Wildman–Crippen LogP) is 6.67. The summed E-state index contributed by atoms with van der Waals surface area (Å²) in [6.45, 7) is 0. The van der Waals surface area contributed by atoms with Crippen molar-refractivity contribution in [3.8, 4) is 17.6 Å². The number of halogens is 1. The van der Waals surface area contributed by atoms with Gasteiger partial charge in [0, 0.05) is 27.1 Å². The molecule has 0 amide bonds. The maximum absolute atomic E-state index is 9.63. The van der Waals surface area contributed by atoms with Gasteiger partial charge in [0.1, 0.15) is 11.6 Å². The van der Waals surface area contributed by atoms with E-state index in [0.29, 0.717) is 33.3 Å². The fraction of sp³-hybridized carbons (Fsp3) is 0.0833. The third-order valence-corrected chi connectivity index (χ3v) is 6.18. The van der Waals surface area contributed by atoms with Crippen LogP contribution in [0.4, 0.5) is 11.4 Å². The van der Waals surface area contributed by atoms with Crippen molar-refractivity contribution < 1.29 is 9.47 Å². The molecule has 1 aromatic heterocycles. The van der Waals surface area contributed by atoms with Crippen LogP contribution in [-0.2, 0) is 0 Å². The Kier molecular flexibility index (Phi) is 6.17. The number of hydrogen-bond donors (Lipinski definition) is 1. The third-order valence-electron chi connectivity index (χ3n) is 4.67. The summed E-state index contributed by atoms with van der Waals surface area (Å²) in [5, 5.41) is 14.3. The highest BCUT2D eigenvalue weighted by molar-refractivity contribution is 7.99. The van der Waals surface area contributed by atoms with Crippen molar-refractivity contribution in [2.24, 2.45) is 0 Å². The van der Waals surface area contributed by atoms with Gasteiger partial charge in [-0.15, -0.1) is 0 Å². The number of nitriles is 1. The van der Waals surface area contributed by atoms with E-state index in [9.17, 15) is 5.26 Å². The van der Waals surface area contributed by atoms with Gasteiger partial charge in [-0.2, -0.15) is 5.26 Å². The molecule has 0 aliphatic carbocycles. The number of methoxy groups -OCH3 is 2. The lowest BCUT2D eigenvalue weighted by molar-refractivity contribution is 0.358. The monoisotopic (exact) mass is 447 g/mol. The first-order valence-corrected chi connectivity index (χ1v) is 10.6. The summed E-state index contributed by atoms with van der Waals surface area (Å²) < 4.78 is 10.9. The fourth-order valence-electron chi connectivity index (χ4n) is 3.22. The average Bonchev–Trinajstić information content (AvgIpc) is 2.80. The second kappa shape index (κ2) is 9.17. The van der Waals surface area contributed by atoms with Crippen LogP contribution >= 0.6 is 23.4 Å². The van der Waals surface area contributed by atoms with E-state index in [1.54, 1.807) is 32.0 Å². The van der Waals surface area contributed by atoms with E-state index in [1.807, 2.05) is 54.6 Å². The molecule has 1 heterocycles. The molecule has 4 aromatic rings. The Balaban J connectivity index is 1.72. The minimum Gasteiger partial charge on any atom is -0.493 e. The Bertz CT molecular complexity index is 1290. The second-order valence-electron chi connectivity index (χ2n) is 6.54. The Hall–Kier alpha value is -3.40. The number of benzene rings is 3. The van der Waals surface area contributed by atoms with E-state index >= 15 is 0 Å². The number of anilines is 2. The van der Waals surface area contributed by atoms with Gasteiger partial charge in [0.2, 0.25) is 0 Å². The first-order chi connectivity index (χ1) is 15.1. The van der Waals surface area contributed by atoms with Gasteiger partial charge < -0.3 is 14.8 Å². The van der Waals surface area contributed by atoms with E-state index in [2.05, 4.69) is 16.4 Å². The molecule has 7 heteroatoms. The Morgan fingerprint density at radius 2 is 1.84 bits per heavy atom. The maximum Gasteiger partial charge on any atom is 0.187 e. The normalized spacial score (nSPS) is 10.5. The number of rotatable bonds is 6. The average molecular weight is 448 g/mol. The topological polar surface area (TPSA) is 67.2 Å². The predicted molar refractivity (Wildman–Crippen MR) is 125 cm³/mol. The summed E-state index contributed by atoms with van der Waals surface area (Å²) in [6.07, 6.45) is 1.52. The van der Waals surface area contributed by atoms with Crippen LogP contribution < -0.4 is 14.8 Å². The van der Waals surface area contributed by atoms with Crippen molar-refractivity contribution in [2.75, 3.05) is 19.5 Å². The van der Waals surface area contributed by atoms with Crippen LogP contribution in [0.2, 0.25) is 5.02 Å². The van der Waals surface area contributed by atoms with Gasteiger partial charge in [0.05, 0.1) is 30.5 Å². The van der Waals surface area contributed by atoms with Crippen LogP contribution in [-0.4, -0.2) is 19.2 Å². The number of ether oxygens (including phenoxy) is 2. The van der Waals surface area contributed by atoms with Crippen molar-refractivity contribution in [2.45, 2.75) is 9.79 Å². The molecule has 1 N–H and O–H groups in total. The molecule has 0 unspecified atom stereocenters. The molecule has 0 atom stereocenters. The van der Waals surface area contributed by atoms with Crippen LogP contribution in [0.5, 0.6) is 11.5 Å².